The van der Waals surface area contributed by atoms with Gasteiger partial charge in [0, 0.05) is 31.9 Å². The van der Waals surface area contributed by atoms with Gasteiger partial charge >= 0.3 is 0 Å². The predicted octanol–water partition coefficient (Wildman–Crippen LogP) is 3.07. The van der Waals surface area contributed by atoms with Crippen LogP contribution < -0.4 is 5.32 Å². The summed E-state index contributed by atoms with van der Waals surface area (Å²) < 4.78 is 0. The van der Waals surface area contributed by atoms with E-state index in [-0.39, 0.29) is 0 Å². The summed E-state index contributed by atoms with van der Waals surface area (Å²) in [5.74, 6) is 1.44. The van der Waals surface area contributed by atoms with Gasteiger partial charge in [-0.25, -0.2) is 4.98 Å². The number of hydrogen-bond acceptors (Lipinski definition) is 3. The molecule has 4 nitrogen and oxygen atoms in total. The second-order valence-electron chi connectivity index (χ2n) is 5.01. The van der Waals surface area contributed by atoms with Crippen LogP contribution in [0.1, 0.15) is 50.2 Å². The van der Waals surface area contributed by atoms with Crippen molar-refractivity contribution in [1.82, 2.24) is 15.2 Å². The van der Waals surface area contributed by atoms with Gasteiger partial charge in [0.15, 0.2) is 5.96 Å². The molecule has 1 N–H and O–H groups in total. The highest BCUT2D eigenvalue weighted by Gasteiger charge is 2.08. The molecule has 0 aliphatic heterocycles. The molecule has 1 aromatic rings. The zero-order chi connectivity index (χ0) is 14.3. The number of unbranched alkanes of at least 4 members (excludes halogenated alkanes) is 1. The summed E-state index contributed by atoms with van der Waals surface area (Å²) in [6, 6.07) is 0. The SMILES string of the molecule is CCCCN(C)C(=NC)NCc1csc(C(C)C)n1. The van der Waals surface area contributed by atoms with Crippen molar-refractivity contribution in [3.05, 3.63) is 16.1 Å². The van der Waals surface area contributed by atoms with Crippen LogP contribution in [-0.2, 0) is 6.54 Å². The van der Waals surface area contributed by atoms with Crippen LogP contribution in [0.5, 0.6) is 0 Å². The monoisotopic (exact) mass is 282 g/mol. The van der Waals surface area contributed by atoms with Gasteiger partial charge in [0.25, 0.3) is 0 Å². The van der Waals surface area contributed by atoms with E-state index in [2.05, 4.69) is 53.4 Å². The van der Waals surface area contributed by atoms with Crippen LogP contribution in [0.15, 0.2) is 10.4 Å². The van der Waals surface area contributed by atoms with Gasteiger partial charge in [-0.1, -0.05) is 27.2 Å². The first-order valence-corrected chi connectivity index (χ1v) is 7.82. The molecule has 0 aliphatic rings. The normalized spacial score (nSPS) is 12.0. The molecule has 1 heterocycles. The van der Waals surface area contributed by atoms with Gasteiger partial charge in [-0.15, -0.1) is 11.3 Å². The second-order valence-corrected chi connectivity index (χ2v) is 5.90. The van der Waals surface area contributed by atoms with E-state index in [4.69, 9.17) is 0 Å². The highest BCUT2D eigenvalue weighted by atomic mass is 32.1. The van der Waals surface area contributed by atoms with E-state index in [1.807, 2.05) is 7.05 Å². The fourth-order valence-corrected chi connectivity index (χ4v) is 2.56. The molecule has 1 aromatic heterocycles. The van der Waals surface area contributed by atoms with E-state index in [1.54, 1.807) is 11.3 Å². The Morgan fingerprint density at radius 1 is 1.53 bits per heavy atom. The van der Waals surface area contributed by atoms with Crippen LogP contribution in [0.3, 0.4) is 0 Å². The minimum absolute atomic E-state index is 0.505. The Hall–Kier alpha value is -1.10. The third-order valence-electron chi connectivity index (χ3n) is 2.91. The largest absolute Gasteiger partial charge is 0.351 e. The molecule has 0 bridgehead atoms. The first kappa shape index (κ1) is 16.0. The highest BCUT2D eigenvalue weighted by Crippen LogP contribution is 2.18. The van der Waals surface area contributed by atoms with Gasteiger partial charge in [-0.3, -0.25) is 4.99 Å². The van der Waals surface area contributed by atoms with E-state index in [1.165, 1.54) is 17.8 Å². The number of aliphatic imine (C=N–C) groups is 1. The lowest BCUT2D eigenvalue weighted by Gasteiger charge is -2.21. The van der Waals surface area contributed by atoms with Crippen LogP contribution in [0.4, 0.5) is 0 Å². The Morgan fingerprint density at radius 3 is 2.79 bits per heavy atom. The molecule has 0 aliphatic carbocycles. The predicted molar refractivity (Wildman–Crippen MR) is 83.9 cm³/mol. The number of nitrogens with one attached hydrogen (secondary N) is 1. The molecular formula is C14H26N4S. The van der Waals surface area contributed by atoms with Crippen LogP contribution >= 0.6 is 11.3 Å². The van der Waals surface area contributed by atoms with Crippen LogP contribution in [0, 0.1) is 0 Å². The quantitative estimate of drug-likeness (QED) is 0.644. The summed E-state index contributed by atoms with van der Waals surface area (Å²) in [4.78, 5) is 11.1. The van der Waals surface area contributed by atoms with E-state index >= 15 is 0 Å². The molecule has 0 saturated heterocycles. The summed E-state index contributed by atoms with van der Waals surface area (Å²) in [6.07, 6.45) is 2.39. The molecular weight excluding hydrogens is 256 g/mol. The van der Waals surface area contributed by atoms with E-state index in [9.17, 15) is 0 Å². The molecule has 1 rings (SSSR count). The van der Waals surface area contributed by atoms with Gasteiger partial charge in [0.05, 0.1) is 17.2 Å². The summed E-state index contributed by atoms with van der Waals surface area (Å²) in [5, 5.41) is 6.69. The van der Waals surface area contributed by atoms with Crippen LogP contribution in [0.25, 0.3) is 0 Å². The Morgan fingerprint density at radius 2 is 2.26 bits per heavy atom. The molecule has 0 radical (unpaired) electrons. The van der Waals surface area contributed by atoms with Crippen molar-refractivity contribution >= 4 is 17.3 Å². The Kier molecular flexibility index (Phi) is 6.84. The van der Waals surface area contributed by atoms with Gasteiger partial charge in [0.1, 0.15) is 0 Å². The minimum Gasteiger partial charge on any atom is -0.351 e. The summed E-state index contributed by atoms with van der Waals surface area (Å²) >= 11 is 1.73. The maximum absolute atomic E-state index is 4.62. The van der Waals surface area contributed by atoms with Crippen molar-refractivity contribution in [2.45, 2.75) is 46.1 Å². The molecule has 0 saturated carbocycles. The van der Waals surface area contributed by atoms with Crippen molar-refractivity contribution in [1.29, 1.82) is 0 Å². The highest BCUT2D eigenvalue weighted by molar-refractivity contribution is 7.09. The summed E-state index contributed by atoms with van der Waals surface area (Å²) in [5.41, 5.74) is 1.10. The number of aromatic nitrogens is 1. The number of guanidine groups is 1. The standard InChI is InChI=1S/C14H26N4S/c1-6-7-8-18(5)14(15-4)16-9-12-10-19-13(17-12)11(2)3/h10-11H,6-9H2,1-5H3,(H,15,16). The van der Waals surface area contributed by atoms with Gasteiger partial charge < -0.3 is 10.2 Å². The molecule has 108 valence electrons. The lowest BCUT2D eigenvalue weighted by atomic mass is 10.2. The maximum Gasteiger partial charge on any atom is 0.193 e. The third-order valence-corrected chi connectivity index (χ3v) is 4.11. The third kappa shape index (κ3) is 5.19. The average molecular weight is 282 g/mol. The number of rotatable bonds is 6. The molecule has 0 unspecified atom stereocenters. The van der Waals surface area contributed by atoms with Crippen molar-refractivity contribution in [3.63, 3.8) is 0 Å². The first-order chi connectivity index (χ1) is 9.08. The summed E-state index contributed by atoms with van der Waals surface area (Å²) in [6.45, 7) is 8.32. The van der Waals surface area contributed by atoms with Crippen molar-refractivity contribution in [3.8, 4) is 0 Å². The van der Waals surface area contributed by atoms with E-state index in [0.717, 1.165) is 24.7 Å². The number of hydrogen-bond donors (Lipinski definition) is 1. The van der Waals surface area contributed by atoms with Gasteiger partial charge in [0.2, 0.25) is 0 Å². The smallest absolute Gasteiger partial charge is 0.193 e. The summed E-state index contributed by atoms with van der Waals surface area (Å²) in [7, 11) is 3.90. The molecule has 0 spiro atoms. The zero-order valence-electron chi connectivity index (χ0n) is 12.7. The first-order valence-electron chi connectivity index (χ1n) is 6.94. The Balaban J connectivity index is 2.48. The minimum atomic E-state index is 0.505. The topological polar surface area (TPSA) is 40.5 Å². The fraction of sp³-hybridized carbons (Fsp3) is 0.714. The Labute approximate surface area is 121 Å². The van der Waals surface area contributed by atoms with Gasteiger partial charge in [-0.2, -0.15) is 0 Å². The van der Waals surface area contributed by atoms with Crippen LogP contribution in [-0.4, -0.2) is 36.5 Å². The second kappa shape index (κ2) is 8.15. The molecule has 0 atom stereocenters. The van der Waals surface area contributed by atoms with E-state index in [0.29, 0.717) is 5.92 Å². The molecule has 0 fully saturated rings. The molecule has 0 aromatic carbocycles. The zero-order valence-corrected chi connectivity index (χ0v) is 13.5. The van der Waals surface area contributed by atoms with E-state index < -0.39 is 0 Å². The number of thiazole rings is 1. The average Bonchev–Trinajstić information content (AvgIpc) is 2.86. The van der Waals surface area contributed by atoms with Crippen LogP contribution in [0.2, 0.25) is 0 Å². The van der Waals surface area contributed by atoms with Crippen molar-refractivity contribution < 1.29 is 0 Å². The van der Waals surface area contributed by atoms with Crippen molar-refractivity contribution in [2.24, 2.45) is 4.99 Å². The van der Waals surface area contributed by atoms with Gasteiger partial charge in [-0.05, 0) is 6.42 Å². The Bertz CT molecular complexity index is 398. The number of nitrogens with zero attached hydrogens (tertiary/aromatic N) is 3. The lowest BCUT2D eigenvalue weighted by molar-refractivity contribution is 0.464. The lowest BCUT2D eigenvalue weighted by Crippen LogP contribution is -2.39. The fourth-order valence-electron chi connectivity index (χ4n) is 1.72. The maximum atomic E-state index is 4.62. The molecule has 0 amide bonds. The van der Waals surface area contributed by atoms with Crippen molar-refractivity contribution in [2.75, 3.05) is 20.6 Å². The molecule has 19 heavy (non-hydrogen) atoms. The molecule has 5 heteroatoms.